The van der Waals surface area contributed by atoms with Gasteiger partial charge in [-0.1, -0.05) is 6.92 Å². The maximum atomic E-state index is 11.8. The van der Waals surface area contributed by atoms with Crippen LogP contribution in [0.25, 0.3) is 0 Å². The van der Waals surface area contributed by atoms with Crippen LogP contribution in [0.4, 0.5) is 5.69 Å². The molecule has 0 saturated heterocycles. The van der Waals surface area contributed by atoms with Crippen LogP contribution in [0.1, 0.15) is 30.3 Å². The number of carboxylic acids is 1. The molecule has 0 spiro atoms. The molecule has 0 aromatic carbocycles. The van der Waals surface area contributed by atoms with E-state index in [1.165, 1.54) is 16.8 Å². The number of aliphatic carboxylic acids is 1. The van der Waals surface area contributed by atoms with Gasteiger partial charge in [-0.3, -0.25) is 19.7 Å². The Hall–Kier alpha value is -2.38. The second-order valence-electron chi connectivity index (χ2n) is 3.93. The van der Waals surface area contributed by atoms with Crippen molar-refractivity contribution in [1.82, 2.24) is 9.88 Å². The molecule has 1 amide bonds. The lowest BCUT2D eigenvalue weighted by Crippen LogP contribution is -2.28. The van der Waals surface area contributed by atoms with E-state index in [-0.39, 0.29) is 24.3 Å². The number of nitro groups is 1. The zero-order valence-corrected chi connectivity index (χ0v) is 10.5. The highest BCUT2D eigenvalue weighted by molar-refractivity contribution is 5.93. The first-order valence-electron chi connectivity index (χ1n) is 5.80. The molecule has 0 fully saturated rings. The van der Waals surface area contributed by atoms with Gasteiger partial charge in [0.25, 0.3) is 11.6 Å². The van der Waals surface area contributed by atoms with Crippen LogP contribution in [-0.2, 0) is 11.3 Å². The summed E-state index contributed by atoms with van der Waals surface area (Å²) in [7, 11) is 0. The smallest absolute Gasteiger partial charge is 0.305 e. The maximum absolute atomic E-state index is 11.8. The average molecular weight is 269 g/mol. The molecule has 1 aromatic rings. The number of hydrogen-bond acceptors (Lipinski definition) is 4. The van der Waals surface area contributed by atoms with Crippen molar-refractivity contribution in [3.8, 4) is 0 Å². The van der Waals surface area contributed by atoms with Crippen molar-refractivity contribution in [2.45, 2.75) is 26.3 Å². The van der Waals surface area contributed by atoms with E-state index in [0.29, 0.717) is 6.54 Å². The number of hydrogen-bond donors (Lipinski definition) is 2. The van der Waals surface area contributed by atoms with Gasteiger partial charge in [-0.05, 0) is 6.42 Å². The summed E-state index contributed by atoms with van der Waals surface area (Å²) < 4.78 is 1.49. The lowest BCUT2D eigenvalue weighted by molar-refractivity contribution is -0.384. The fourth-order valence-corrected chi connectivity index (χ4v) is 1.58. The SMILES string of the molecule is CCCn1cc([N+](=O)[O-])cc1C(=O)NCCC(=O)O. The van der Waals surface area contributed by atoms with Crippen LogP contribution in [0.5, 0.6) is 0 Å². The largest absolute Gasteiger partial charge is 0.481 e. The highest BCUT2D eigenvalue weighted by Gasteiger charge is 2.18. The van der Waals surface area contributed by atoms with Gasteiger partial charge in [0, 0.05) is 19.2 Å². The van der Waals surface area contributed by atoms with E-state index in [4.69, 9.17) is 5.11 Å². The Kier molecular flexibility index (Phi) is 5.04. The number of rotatable bonds is 7. The topological polar surface area (TPSA) is 114 Å². The van der Waals surface area contributed by atoms with Crippen LogP contribution >= 0.6 is 0 Å². The van der Waals surface area contributed by atoms with Crippen LogP contribution in [0.15, 0.2) is 12.3 Å². The van der Waals surface area contributed by atoms with Crippen molar-refractivity contribution >= 4 is 17.6 Å². The molecule has 1 aromatic heterocycles. The van der Waals surface area contributed by atoms with Gasteiger partial charge >= 0.3 is 5.97 Å². The first-order valence-corrected chi connectivity index (χ1v) is 5.80. The Morgan fingerprint density at radius 3 is 2.74 bits per heavy atom. The molecule has 0 radical (unpaired) electrons. The van der Waals surface area contributed by atoms with Crippen molar-refractivity contribution in [2.24, 2.45) is 0 Å². The number of carbonyl (C=O) groups excluding carboxylic acids is 1. The summed E-state index contributed by atoms with van der Waals surface area (Å²) in [4.78, 5) is 32.3. The van der Waals surface area contributed by atoms with Gasteiger partial charge in [-0.15, -0.1) is 0 Å². The fourth-order valence-electron chi connectivity index (χ4n) is 1.58. The Morgan fingerprint density at radius 2 is 2.21 bits per heavy atom. The van der Waals surface area contributed by atoms with E-state index in [1.807, 2.05) is 6.92 Å². The van der Waals surface area contributed by atoms with E-state index in [9.17, 15) is 19.7 Å². The van der Waals surface area contributed by atoms with E-state index in [1.54, 1.807) is 0 Å². The van der Waals surface area contributed by atoms with Crippen LogP contribution in [-0.4, -0.2) is 33.0 Å². The Labute approximate surface area is 109 Å². The van der Waals surface area contributed by atoms with Gasteiger partial charge in [-0.25, -0.2) is 0 Å². The molecule has 0 aliphatic carbocycles. The number of nitrogens with one attached hydrogen (secondary N) is 1. The Bertz CT molecular complexity index is 495. The molecule has 1 heterocycles. The van der Waals surface area contributed by atoms with Crippen LogP contribution in [0.3, 0.4) is 0 Å². The summed E-state index contributed by atoms with van der Waals surface area (Å²) in [6, 6.07) is 1.19. The van der Waals surface area contributed by atoms with Crippen molar-refractivity contribution < 1.29 is 19.6 Å². The van der Waals surface area contributed by atoms with Crippen LogP contribution in [0, 0.1) is 10.1 Å². The molecule has 0 aliphatic rings. The van der Waals surface area contributed by atoms with Crippen molar-refractivity contribution in [3.05, 3.63) is 28.1 Å². The van der Waals surface area contributed by atoms with E-state index in [0.717, 1.165) is 6.42 Å². The highest BCUT2D eigenvalue weighted by Crippen LogP contribution is 2.16. The summed E-state index contributed by atoms with van der Waals surface area (Å²) in [6.07, 6.45) is 1.83. The number of carboxylic acid groups (broad SMARTS) is 1. The summed E-state index contributed by atoms with van der Waals surface area (Å²) in [5.41, 5.74) is 0.00998. The van der Waals surface area contributed by atoms with Gasteiger partial charge in [0.05, 0.1) is 17.5 Å². The monoisotopic (exact) mass is 269 g/mol. The summed E-state index contributed by atoms with van der Waals surface area (Å²) in [5.74, 6) is -1.53. The predicted octanol–water partition coefficient (Wildman–Crippen LogP) is 1.01. The molecule has 8 nitrogen and oxygen atoms in total. The minimum Gasteiger partial charge on any atom is -0.481 e. The van der Waals surface area contributed by atoms with E-state index in [2.05, 4.69) is 5.32 Å². The number of nitrogens with zero attached hydrogens (tertiary/aromatic N) is 2. The third-order valence-corrected chi connectivity index (χ3v) is 2.41. The van der Waals surface area contributed by atoms with Crippen LogP contribution in [0.2, 0.25) is 0 Å². The molecule has 0 unspecified atom stereocenters. The molecule has 0 atom stereocenters. The minimum atomic E-state index is -1.02. The van der Waals surface area contributed by atoms with Crippen molar-refractivity contribution in [3.63, 3.8) is 0 Å². The second-order valence-corrected chi connectivity index (χ2v) is 3.93. The molecule has 0 aliphatic heterocycles. The number of aryl methyl sites for hydroxylation is 1. The molecule has 1 rings (SSSR count). The van der Waals surface area contributed by atoms with Crippen LogP contribution < -0.4 is 5.32 Å². The second kappa shape index (κ2) is 6.53. The maximum Gasteiger partial charge on any atom is 0.305 e. The standard InChI is InChI=1S/C11H15N3O5/c1-2-5-13-7-8(14(18)19)6-9(13)11(17)12-4-3-10(15)16/h6-7H,2-5H2,1H3,(H,12,17)(H,15,16). The van der Waals surface area contributed by atoms with Gasteiger partial charge in [0.15, 0.2) is 0 Å². The van der Waals surface area contributed by atoms with Crippen molar-refractivity contribution in [2.75, 3.05) is 6.54 Å². The molecular formula is C11H15N3O5. The molecule has 104 valence electrons. The fraction of sp³-hybridized carbons (Fsp3) is 0.455. The zero-order valence-electron chi connectivity index (χ0n) is 10.5. The zero-order chi connectivity index (χ0) is 14.4. The molecule has 0 saturated carbocycles. The molecule has 0 bridgehead atoms. The average Bonchev–Trinajstić information content (AvgIpc) is 2.73. The quantitative estimate of drug-likeness (QED) is 0.566. The number of aromatic nitrogens is 1. The molecule has 8 heteroatoms. The molecular weight excluding hydrogens is 254 g/mol. The molecule has 19 heavy (non-hydrogen) atoms. The normalized spacial score (nSPS) is 10.2. The van der Waals surface area contributed by atoms with E-state index < -0.39 is 16.8 Å². The van der Waals surface area contributed by atoms with Gasteiger partial charge in [0.2, 0.25) is 0 Å². The third-order valence-electron chi connectivity index (χ3n) is 2.41. The van der Waals surface area contributed by atoms with Crippen molar-refractivity contribution in [1.29, 1.82) is 0 Å². The van der Waals surface area contributed by atoms with Gasteiger partial charge in [-0.2, -0.15) is 0 Å². The summed E-state index contributed by atoms with van der Waals surface area (Å²) in [6.45, 7) is 2.35. The summed E-state index contributed by atoms with van der Waals surface area (Å²) >= 11 is 0. The van der Waals surface area contributed by atoms with Gasteiger partial charge in [0.1, 0.15) is 5.69 Å². The Morgan fingerprint density at radius 1 is 1.53 bits per heavy atom. The first-order chi connectivity index (χ1) is 8.95. The minimum absolute atomic E-state index is 0.0146. The Balaban J connectivity index is 2.81. The van der Waals surface area contributed by atoms with E-state index >= 15 is 0 Å². The first kappa shape index (κ1) is 14.7. The third kappa shape index (κ3) is 4.09. The number of carbonyl (C=O) groups is 2. The highest BCUT2D eigenvalue weighted by atomic mass is 16.6. The number of amides is 1. The van der Waals surface area contributed by atoms with Gasteiger partial charge < -0.3 is 15.0 Å². The lowest BCUT2D eigenvalue weighted by Gasteiger charge is -2.07. The molecule has 2 N–H and O–H groups in total. The lowest BCUT2D eigenvalue weighted by atomic mass is 10.3. The predicted molar refractivity (Wildman–Crippen MR) is 66.0 cm³/mol. The summed E-state index contributed by atoms with van der Waals surface area (Å²) in [5, 5.41) is 21.6.